The van der Waals surface area contributed by atoms with E-state index in [-0.39, 0.29) is 0 Å². The van der Waals surface area contributed by atoms with Crippen LogP contribution < -0.4 is 11.1 Å². The van der Waals surface area contributed by atoms with E-state index in [2.05, 4.69) is 23.3 Å². The van der Waals surface area contributed by atoms with Crippen LogP contribution in [0.4, 0.5) is 5.69 Å². The Kier molecular flexibility index (Phi) is 4.97. The maximum atomic E-state index is 5.87. The van der Waals surface area contributed by atoms with Crippen molar-refractivity contribution >= 4 is 22.9 Å². The van der Waals surface area contributed by atoms with Crippen molar-refractivity contribution in [1.82, 2.24) is 4.98 Å². The number of nitrogens with zero attached hydrogens (tertiary/aromatic N) is 1. The second-order valence-electron chi connectivity index (χ2n) is 5.91. The van der Waals surface area contributed by atoms with Crippen molar-refractivity contribution in [1.29, 1.82) is 0 Å². The average molecular weight is 291 g/mol. The lowest BCUT2D eigenvalue weighted by Gasteiger charge is -2.30. The zero-order chi connectivity index (χ0) is 14.7. The minimum atomic E-state index is 0.430. The number of rotatable bonds is 4. The molecule has 0 atom stereocenters. The van der Waals surface area contributed by atoms with E-state index in [1.165, 1.54) is 32.1 Å². The number of aryl methyl sites for hydroxylation is 2. The molecule has 0 aliphatic heterocycles. The number of aromatic nitrogens is 1. The number of nitrogens with two attached hydrogens (primary N) is 1. The summed E-state index contributed by atoms with van der Waals surface area (Å²) in [6.07, 6.45) is 6.41. The van der Waals surface area contributed by atoms with E-state index in [0.29, 0.717) is 11.0 Å². The predicted molar refractivity (Wildman–Crippen MR) is 89.3 cm³/mol. The quantitative estimate of drug-likeness (QED) is 0.830. The Labute approximate surface area is 127 Å². The number of hydrogen-bond donors (Lipinski definition) is 2. The van der Waals surface area contributed by atoms with Crippen molar-refractivity contribution in [2.24, 2.45) is 11.7 Å². The fourth-order valence-corrected chi connectivity index (χ4v) is 3.45. The van der Waals surface area contributed by atoms with E-state index in [1.807, 2.05) is 13.8 Å². The number of pyridine rings is 1. The highest BCUT2D eigenvalue weighted by atomic mass is 32.1. The van der Waals surface area contributed by atoms with Crippen LogP contribution in [0.15, 0.2) is 6.07 Å². The summed E-state index contributed by atoms with van der Waals surface area (Å²) in [4.78, 5) is 4.90. The molecule has 1 fully saturated rings. The molecule has 1 aromatic rings. The van der Waals surface area contributed by atoms with Crippen molar-refractivity contribution in [2.45, 2.75) is 58.9 Å². The highest BCUT2D eigenvalue weighted by Crippen LogP contribution is 2.30. The van der Waals surface area contributed by atoms with Crippen molar-refractivity contribution in [3.05, 3.63) is 23.0 Å². The largest absolute Gasteiger partial charge is 0.389 e. The normalized spacial score (nSPS) is 22.6. The summed E-state index contributed by atoms with van der Waals surface area (Å²) in [6.45, 7) is 6.27. The highest BCUT2D eigenvalue weighted by Gasteiger charge is 2.21. The average Bonchev–Trinajstić information content (AvgIpc) is 2.38. The topological polar surface area (TPSA) is 50.9 Å². The minimum Gasteiger partial charge on any atom is -0.389 e. The standard InChI is InChI=1S/C16H25N3S/c1-4-12-5-7-13(8-6-12)19-14-9-10(2)18-11(3)15(14)16(17)20/h9,12-13H,4-8H2,1-3H3,(H2,17,20)(H,18,19). The van der Waals surface area contributed by atoms with Crippen LogP contribution in [-0.4, -0.2) is 16.0 Å². The number of hydrogen-bond acceptors (Lipinski definition) is 3. The predicted octanol–water partition coefficient (Wildman–Crippen LogP) is 3.71. The maximum Gasteiger partial charge on any atom is 0.107 e. The van der Waals surface area contributed by atoms with Crippen LogP contribution in [0.25, 0.3) is 0 Å². The van der Waals surface area contributed by atoms with E-state index in [9.17, 15) is 0 Å². The molecule has 1 saturated carbocycles. The summed E-state index contributed by atoms with van der Waals surface area (Å²) >= 11 is 5.18. The number of thiocarbonyl (C=S) groups is 1. The Morgan fingerprint density at radius 2 is 2.00 bits per heavy atom. The van der Waals surface area contributed by atoms with Gasteiger partial charge in [-0.15, -0.1) is 0 Å². The van der Waals surface area contributed by atoms with Gasteiger partial charge in [0, 0.05) is 23.1 Å². The van der Waals surface area contributed by atoms with E-state index >= 15 is 0 Å². The first kappa shape index (κ1) is 15.2. The molecule has 2 rings (SSSR count). The van der Waals surface area contributed by atoms with Gasteiger partial charge in [0.15, 0.2) is 0 Å². The Morgan fingerprint density at radius 3 is 2.55 bits per heavy atom. The van der Waals surface area contributed by atoms with Gasteiger partial charge < -0.3 is 11.1 Å². The molecule has 20 heavy (non-hydrogen) atoms. The first-order valence-electron chi connectivity index (χ1n) is 7.55. The van der Waals surface area contributed by atoms with Crippen molar-refractivity contribution in [3.8, 4) is 0 Å². The van der Waals surface area contributed by atoms with Crippen molar-refractivity contribution in [2.75, 3.05) is 5.32 Å². The summed E-state index contributed by atoms with van der Waals surface area (Å²) in [6, 6.07) is 2.60. The van der Waals surface area contributed by atoms with Gasteiger partial charge in [-0.3, -0.25) is 4.98 Å². The second-order valence-corrected chi connectivity index (χ2v) is 6.35. The fraction of sp³-hybridized carbons (Fsp3) is 0.625. The Hall–Kier alpha value is -1.16. The van der Waals surface area contributed by atoms with Gasteiger partial charge in [0.05, 0.1) is 5.56 Å². The van der Waals surface area contributed by atoms with Gasteiger partial charge in [-0.05, 0) is 51.5 Å². The van der Waals surface area contributed by atoms with Crippen LogP contribution in [-0.2, 0) is 0 Å². The fourth-order valence-electron chi connectivity index (χ4n) is 3.19. The summed E-state index contributed by atoms with van der Waals surface area (Å²) in [5.74, 6) is 0.906. The van der Waals surface area contributed by atoms with Gasteiger partial charge in [-0.2, -0.15) is 0 Å². The van der Waals surface area contributed by atoms with Crippen LogP contribution in [0, 0.1) is 19.8 Å². The Balaban J connectivity index is 2.15. The molecule has 110 valence electrons. The molecule has 1 aromatic heterocycles. The van der Waals surface area contributed by atoms with E-state index in [1.54, 1.807) is 0 Å². The second kappa shape index (κ2) is 6.53. The van der Waals surface area contributed by atoms with Gasteiger partial charge in [0.25, 0.3) is 0 Å². The summed E-state index contributed by atoms with van der Waals surface area (Å²) in [5, 5.41) is 3.65. The van der Waals surface area contributed by atoms with Crippen molar-refractivity contribution in [3.63, 3.8) is 0 Å². The van der Waals surface area contributed by atoms with Gasteiger partial charge in [-0.1, -0.05) is 25.6 Å². The van der Waals surface area contributed by atoms with Gasteiger partial charge in [0.2, 0.25) is 0 Å². The molecule has 0 bridgehead atoms. The smallest absolute Gasteiger partial charge is 0.107 e. The van der Waals surface area contributed by atoms with Crippen LogP contribution in [0.1, 0.15) is 56.0 Å². The molecule has 0 spiro atoms. The zero-order valence-electron chi connectivity index (χ0n) is 12.7. The van der Waals surface area contributed by atoms with Crippen molar-refractivity contribution < 1.29 is 0 Å². The van der Waals surface area contributed by atoms with Gasteiger partial charge >= 0.3 is 0 Å². The monoisotopic (exact) mass is 291 g/mol. The molecule has 1 aliphatic rings. The number of anilines is 1. The maximum absolute atomic E-state index is 5.87. The van der Waals surface area contributed by atoms with Gasteiger partial charge in [0.1, 0.15) is 4.99 Å². The molecule has 0 unspecified atom stereocenters. The molecule has 0 saturated heterocycles. The van der Waals surface area contributed by atoms with E-state index in [4.69, 9.17) is 18.0 Å². The minimum absolute atomic E-state index is 0.430. The third kappa shape index (κ3) is 3.48. The van der Waals surface area contributed by atoms with E-state index in [0.717, 1.165) is 28.6 Å². The Bertz CT molecular complexity index is 491. The Morgan fingerprint density at radius 1 is 1.35 bits per heavy atom. The molecule has 1 aliphatic carbocycles. The SMILES string of the molecule is CCC1CCC(Nc2cc(C)nc(C)c2C(N)=S)CC1. The molecule has 0 aromatic carbocycles. The lowest BCUT2D eigenvalue weighted by atomic mass is 9.84. The molecule has 3 N–H and O–H groups in total. The molecule has 4 heteroatoms. The molecule has 0 amide bonds. The summed E-state index contributed by atoms with van der Waals surface area (Å²) < 4.78 is 0. The number of nitrogens with one attached hydrogen (secondary N) is 1. The highest BCUT2D eigenvalue weighted by molar-refractivity contribution is 7.80. The molecule has 1 heterocycles. The molecular weight excluding hydrogens is 266 g/mol. The van der Waals surface area contributed by atoms with Gasteiger partial charge in [-0.25, -0.2) is 0 Å². The first-order valence-corrected chi connectivity index (χ1v) is 7.96. The summed E-state index contributed by atoms with van der Waals surface area (Å²) in [7, 11) is 0. The van der Waals surface area contributed by atoms with E-state index < -0.39 is 0 Å². The van der Waals surface area contributed by atoms with Crippen LogP contribution in [0.5, 0.6) is 0 Å². The van der Waals surface area contributed by atoms with Crippen LogP contribution >= 0.6 is 12.2 Å². The lowest BCUT2D eigenvalue weighted by Crippen LogP contribution is -2.27. The molecule has 3 nitrogen and oxygen atoms in total. The first-order chi connectivity index (χ1) is 9.51. The third-order valence-electron chi connectivity index (χ3n) is 4.36. The zero-order valence-corrected chi connectivity index (χ0v) is 13.5. The lowest BCUT2D eigenvalue weighted by molar-refractivity contribution is 0.330. The van der Waals surface area contributed by atoms with Crippen LogP contribution in [0.2, 0.25) is 0 Å². The molecular formula is C16H25N3S. The molecule has 0 radical (unpaired) electrons. The third-order valence-corrected chi connectivity index (χ3v) is 4.56. The van der Waals surface area contributed by atoms with Crippen LogP contribution in [0.3, 0.4) is 0 Å². The summed E-state index contributed by atoms with van der Waals surface area (Å²) in [5.41, 5.74) is 9.75.